The van der Waals surface area contributed by atoms with Gasteiger partial charge in [0.05, 0.1) is 12.2 Å². The van der Waals surface area contributed by atoms with Gasteiger partial charge < -0.3 is 14.3 Å². The van der Waals surface area contributed by atoms with Crippen LogP contribution in [-0.2, 0) is 11.4 Å². The Hall–Kier alpha value is -2.17. The first-order valence-electron chi connectivity index (χ1n) is 8.78. The van der Waals surface area contributed by atoms with Gasteiger partial charge in [-0.05, 0) is 49.4 Å². The SMILES string of the molecule is CC(C(=O)O)c1coc2cc(OCc3ccc(Cl)cc3Cl)c(C3CC3)cc12. The van der Waals surface area contributed by atoms with Crippen LogP contribution in [0.25, 0.3) is 11.0 Å². The monoisotopic (exact) mass is 404 g/mol. The highest BCUT2D eigenvalue weighted by Crippen LogP contribution is 2.47. The predicted octanol–water partition coefficient (Wildman–Crippen LogP) is 6.38. The molecule has 0 bridgehead atoms. The zero-order chi connectivity index (χ0) is 19.1. The van der Waals surface area contributed by atoms with E-state index in [1.165, 1.54) is 6.26 Å². The van der Waals surface area contributed by atoms with E-state index in [0.717, 1.165) is 35.1 Å². The molecule has 0 saturated heterocycles. The van der Waals surface area contributed by atoms with E-state index in [1.54, 1.807) is 19.1 Å². The number of rotatable bonds is 6. The second-order valence-electron chi connectivity index (χ2n) is 6.94. The van der Waals surface area contributed by atoms with Crippen molar-refractivity contribution in [2.24, 2.45) is 0 Å². The second kappa shape index (κ2) is 7.10. The molecule has 4 rings (SSSR count). The van der Waals surface area contributed by atoms with Crippen molar-refractivity contribution < 1.29 is 19.1 Å². The van der Waals surface area contributed by atoms with Crippen LogP contribution in [0.15, 0.2) is 41.0 Å². The van der Waals surface area contributed by atoms with Gasteiger partial charge in [-0.25, -0.2) is 0 Å². The number of fused-ring (bicyclic) bond motifs is 1. The summed E-state index contributed by atoms with van der Waals surface area (Å²) >= 11 is 12.2. The van der Waals surface area contributed by atoms with E-state index in [-0.39, 0.29) is 0 Å². The number of hydrogen-bond donors (Lipinski definition) is 1. The zero-order valence-corrected chi connectivity index (χ0v) is 16.2. The molecule has 4 nitrogen and oxygen atoms in total. The summed E-state index contributed by atoms with van der Waals surface area (Å²) in [7, 11) is 0. The number of furan rings is 1. The van der Waals surface area contributed by atoms with E-state index in [9.17, 15) is 9.90 Å². The van der Waals surface area contributed by atoms with Crippen molar-refractivity contribution in [3.05, 3.63) is 63.3 Å². The lowest BCUT2D eigenvalue weighted by atomic mass is 9.98. The van der Waals surface area contributed by atoms with Crippen LogP contribution in [0, 0.1) is 0 Å². The fourth-order valence-electron chi connectivity index (χ4n) is 3.19. The zero-order valence-electron chi connectivity index (χ0n) is 14.7. The van der Waals surface area contributed by atoms with Crippen LogP contribution < -0.4 is 4.74 Å². The molecule has 1 saturated carbocycles. The largest absolute Gasteiger partial charge is 0.488 e. The summed E-state index contributed by atoms with van der Waals surface area (Å²) in [6, 6.07) is 9.19. The molecule has 1 atom stereocenters. The molecule has 6 heteroatoms. The van der Waals surface area contributed by atoms with E-state index in [2.05, 4.69) is 0 Å². The van der Waals surface area contributed by atoms with Gasteiger partial charge in [0, 0.05) is 32.6 Å². The highest BCUT2D eigenvalue weighted by Gasteiger charge is 2.29. The maximum Gasteiger partial charge on any atom is 0.310 e. The predicted molar refractivity (Wildman–Crippen MR) is 105 cm³/mol. The minimum Gasteiger partial charge on any atom is -0.488 e. The third-order valence-electron chi connectivity index (χ3n) is 4.99. The quantitative estimate of drug-likeness (QED) is 0.517. The van der Waals surface area contributed by atoms with E-state index in [4.69, 9.17) is 32.4 Å². The molecule has 1 aromatic heterocycles. The number of carboxylic acid groups (broad SMARTS) is 1. The Balaban J connectivity index is 1.68. The lowest BCUT2D eigenvalue weighted by molar-refractivity contribution is -0.138. The van der Waals surface area contributed by atoms with E-state index in [1.807, 2.05) is 18.2 Å². The summed E-state index contributed by atoms with van der Waals surface area (Å²) in [5, 5.41) is 11.3. The molecule has 1 unspecified atom stereocenters. The van der Waals surface area contributed by atoms with Crippen molar-refractivity contribution >= 4 is 40.1 Å². The fraction of sp³-hybridized carbons (Fsp3) is 0.286. The summed E-state index contributed by atoms with van der Waals surface area (Å²) in [6.45, 7) is 1.98. The molecule has 2 aromatic carbocycles. The average molecular weight is 405 g/mol. The van der Waals surface area contributed by atoms with Crippen LogP contribution in [-0.4, -0.2) is 11.1 Å². The van der Waals surface area contributed by atoms with E-state index < -0.39 is 11.9 Å². The fourth-order valence-corrected chi connectivity index (χ4v) is 3.66. The number of aliphatic carboxylic acids is 1. The van der Waals surface area contributed by atoms with Crippen molar-refractivity contribution in [3.63, 3.8) is 0 Å². The molecule has 0 aliphatic heterocycles. The number of hydrogen-bond acceptors (Lipinski definition) is 3. The normalized spacial score (nSPS) is 15.1. The van der Waals surface area contributed by atoms with Crippen molar-refractivity contribution in [1.29, 1.82) is 0 Å². The Morgan fingerprint density at radius 1 is 1.30 bits per heavy atom. The molecule has 3 aromatic rings. The van der Waals surface area contributed by atoms with Gasteiger partial charge in [0.1, 0.15) is 17.9 Å². The van der Waals surface area contributed by atoms with Crippen LogP contribution in [0.2, 0.25) is 10.0 Å². The lowest BCUT2D eigenvalue weighted by Crippen LogP contribution is -2.06. The minimum absolute atomic E-state index is 0.320. The Kier molecular flexibility index (Phi) is 4.79. The molecule has 0 amide bonds. The lowest BCUT2D eigenvalue weighted by Gasteiger charge is -2.13. The van der Waals surface area contributed by atoms with Crippen molar-refractivity contribution in [2.45, 2.75) is 38.2 Å². The molecular formula is C21H18Cl2O4. The molecule has 1 heterocycles. The average Bonchev–Trinajstić information content (AvgIpc) is 3.39. The van der Waals surface area contributed by atoms with Crippen LogP contribution in [0.5, 0.6) is 5.75 Å². The van der Waals surface area contributed by atoms with Gasteiger partial charge in [-0.15, -0.1) is 0 Å². The van der Waals surface area contributed by atoms with Gasteiger partial charge in [0.15, 0.2) is 0 Å². The second-order valence-corrected chi connectivity index (χ2v) is 7.78. The minimum atomic E-state index is -0.872. The molecule has 1 aliphatic rings. The van der Waals surface area contributed by atoms with Gasteiger partial charge >= 0.3 is 5.97 Å². The van der Waals surface area contributed by atoms with Gasteiger partial charge in [-0.2, -0.15) is 0 Å². The Morgan fingerprint density at radius 3 is 2.74 bits per heavy atom. The van der Waals surface area contributed by atoms with Gasteiger partial charge in [0.25, 0.3) is 0 Å². The number of ether oxygens (including phenoxy) is 1. The molecule has 140 valence electrons. The van der Waals surface area contributed by atoms with Crippen LogP contribution in [0.4, 0.5) is 0 Å². The molecule has 1 aliphatic carbocycles. The summed E-state index contributed by atoms with van der Waals surface area (Å²) in [5.74, 6) is -0.311. The Labute approximate surface area is 166 Å². The Morgan fingerprint density at radius 2 is 2.07 bits per heavy atom. The molecule has 0 radical (unpaired) electrons. The van der Waals surface area contributed by atoms with Crippen molar-refractivity contribution in [2.75, 3.05) is 0 Å². The maximum absolute atomic E-state index is 11.4. The highest BCUT2D eigenvalue weighted by atomic mass is 35.5. The molecular weight excluding hydrogens is 387 g/mol. The smallest absolute Gasteiger partial charge is 0.310 e. The maximum atomic E-state index is 11.4. The Bertz CT molecular complexity index is 1020. The van der Waals surface area contributed by atoms with Crippen molar-refractivity contribution in [1.82, 2.24) is 0 Å². The third-order valence-corrected chi connectivity index (χ3v) is 5.58. The highest BCUT2D eigenvalue weighted by molar-refractivity contribution is 6.35. The number of carboxylic acids is 1. The molecule has 1 fully saturated rings. The van der Waals surface area contributed by atoms with E-state index >= 15 is 0 Å². The first kappa shape index (κ1) is 18.2. The summed E-state index contributed by atoms with van der Waals surface area (Å²) in [6.07, 6.45) is 3.73. The molecule has 27 heavy (non-hydrogen) atoms. The third kappa shape index (κ3) is 3.64. The first-order chi connectivity index (χ1) is 12.9. The van der Waals surface area contributed by atoms with Gasteiger partial charge in [-0.1, -0.05) is 29.3 Å². The number of carbonyl (C=O) groups is 1. The molecule has 0 spiro atoms. The van der Waals surface area contributed by atoms with Gasteiger partial charge in [-0.3, -0.25) is 4.79 Å². The first-order valence-corrected chi connectivity index (χ1v) is 9.54. The van der Waals surface area contributed by atoms with Crippen LogP contribution in [0.3, 0.4) is 0 Å². The molecule has 1 N–H and O–H groups in total. The summed E-state index contributed by atoms with van der Waals surface area (Å²) in [4.78, 5) is 11.4. The van der Waals surface area contributed by atoms with Crippen LogP contribution in [0.1, 0.15) is 48.3 Å². The van der Waals surface area contributed by atoms with E-state index in [0.29, 0.717) is 33.7 Å². The number of benzene rings is 2. The number of halogens is 2. The van der Waals surface area contributed by atoms with Crippen LogP contribution >= 0.6 is 23.2 Å². The summed E-state index contributed by atoms with van der Waals surface area (Å²) in [5.41, 5.74) is 3.25. The standard InChI is InChI=1S/C21H18Cl2O4/c1-11(21(24)25)17-10-27-20-8-19(15(7-16(17)20)12-2-3-12)26-9-13-4-5-14(22)6-18(13)23/h4-8,10-12H,2-3,9H2,1H3,(H,24,25). The summed E-state index contributed by atoms with van der Waals surface area (Å²) < 4.78 is 11.7. The van der Waals surface area contributed by atoms with Gasteiger partial charge in [0.2, 0.25) is 0 Å². The topological polar surface area (TPSA) is 59.7 Å². The van der Waals surface area contributed by atoms with Crippen molar-refractivity contribution in [3.8, 4) is 5.75 Å².